The van der Waals surface area contributed by atoms with Gasteiger partial charge < -0.3 is 16.0 Å². The van der Waals surface area contributed by atoms with Gasteiger partial charge in [-0.1, -0.05) is 42.0 Å². The van der Waals surface area contributed by atoms with Crippen LogP contribution in [0.3, 0.4) is 0 Å². The second kappa shape index (κ2) is 8.46. The molecule has 2 aromatic rings. The number of hydrogen-bond donors (Lipinski definition) is 3. The number of aryl methyl sites for hydroxylation is 1. The summed E-state index contributed by atoms with van der Waals surface area (Å²) < 4.78 is 0. The van der Waals surface area contributed by atoms with Crippen LogP contribution in [0.1, 0.15) is 33.4 Å². The van der Waals surface area contributed by atoms with Gasteiger partial charge >= 0.3 is 0 Å². The Labute approximate surface area is 167 Å². The number of amidine groups is 1. The number of nitrogens with one attached hydrogen (secondary N) is 3. The highest BCUT2D eigenvalue weighted by Crippen LogP contribution is 2.28. The standard InChI is InChI=1S/C19H20N2.C4H9N3/c1-13-2-4-15-12-18-9-14(10-19-20-6-7-21-19)3-5-16(18)11-17(15)8-13;1-5-4-6-2-3-7-4/h2-5,8-9H,6-7,10-12H2,1H3,(H,20,21);2-3H2,1H3,(H2,5,6,7). The highest BCUT2D eigenvalue weighted by atomic mass is 15.2. The first-order chi connectivity index (χ1) is 13.7. The summed E-state index contributed by atoms with van der Waals surface area (Å²) in [4.78, 5) is 8.38. The van der Waals surface area contributed by atoms with Gasteiger partial charge in [-0.05, 0) is 47.6 Å². The van der Waals surface area contributed by atoms with Crippen molar-refractivity contribution in [1.82, 2.24) is 16.0 Å². The Kier molecular flexibility index (Phi) is 5.60. The maximum atomic E-state index is 4.49. The third kappa shape index (κ3) is 4.35. The molecule has 5 rings (SSSR count). The molecule has 5 heteroatoms. The van der Waals surface area contributed by atoms with Crippen molar-refractivity contribution >= 4 is 11.8 Å². The molecule has 1 aliphatic carbocycles. The van der Waals surface area contributed by atoms with Crippen LogP contribution in [0.2, 0.25) is 0 Å². The average Bonchev–Trinajstić information content (AvgIpc) is 3.41. The first-order valence-corrected chi connectivity index (χ1v) is 10.1. The van der Waals surface area contributed by atoms with E-state index in [2.05, 4.69) is 69.3 Å². The highest BCUT2D eigenvalue weighted by Gasteiger charge is 2.16. The number of rotatable bonds is 2. The third-order valence-electron chi connectivity index (χ3n) is 5.44. The summed E-state index contributed by atoms with van der Waals surface area (Å²) in [6, 6.07) is 13.8. The van der Waals surface area contributed by atoms with E-state index in [1.54, 1.807) is 7.05 Å². The Morgan fingerprint density at radius 1 is 0.857 bits per heavy atom. The third-order valence-corrected chi connectivity index (χ3v) is 5.44. The zero-order chi connectivity index (χ0) is 19.3. The van der Waals surface area contributed by atoms with E-state index in [1.807, 2.05) is 0 Å². The Morgan fingerprint density at radius 2 is 1.57 bits per heavy atom. The summed E-state index contributed by atoms with van der Waals surface area (Å²) in [7, 11) is 1.76. The minimum Gasteiger partial charge on any atom is -0.372 e. The van der Waals surface area contributed by atoms with Crippen molar-refractivity contribution in [3.63, 3.8) is 0 Å². The van der Waals surface area contributed by atoms with Crippen molar-refractivity contribution in [1.29, 1.82) is 0 Å². The Bertz CT molecular complexity index is 905. The molecule has 0 saturated carbocycles. The zero-order valence-electron chi connectivity index (χ0n) is 16.8. The van der Waals surface area contributed by atoms with Gasteiger partial charge in [-0.3, -0.25) is 9.98 Å². The number of hydrogen-bond acceptors (Lipinski definition) is 3. The van der Waals surface area contributed by atoms with Gasteiger partial charge in [0.2, 0.25) is 0 Å². The van der Waals surface area contributed by atoms with Crippen molar-refractivity contribution in [2.75, 3.05) is 33.2 Å². The van der Waals surface area contributed by atoms with E-state index >= 15 is 0 Å². The predicted octanol–water partition coefficient (Wildman–Crippen LogP) is 2.20. The molecule has 0 aromatic heterocycles. The summed E-state index contributed by atoms with van der Waals surface area (Å²) in [6.07, 6.45) is 3.08. The van der Waals surface area contributed by atoms with Crippen LogP contribution < -0.4 is 16.0 Å². The Morgan fingerprint density at radius 3 is 2.21 bits per heavy atom. The lowest BCUT2D eigenvalue weighted by molar-refractivity contribution is 0.942. The van der Waals surface area contributed by atoms with Crippen molar-refractivity contribution in [2.45, 2.75) is 26.2 Å². The van der Waals surface area contributed by atoms with Crippen LogP contribution in [-0.2, 0) is 19.3 Å². The molecule has 0 radical (unpaired) electrons. The summed E-state index contributed by atoms with van der Waals surface area (Å²) in [5, 5.41) is 9.45. The van der Waals surface area contributed by atoms with Crippen molar-refractivity contribution in [3.05, 3.63) is 69.8 Å². The van der Waals surface area contributed by atoms with E-state index < -0.39 is 0 Å². The molecule has 5 nitrogen and oxygen atoms in total. The average molecular weight is 376 g/mol. The highest BCUT2D eigenvalue weighted by molar-refractivity contribution is 5.85. The molecule has 1 fully saturated rings. The van der Waals surface area contributed by atoms with Crippen LogP contribution >= 0.6 is 0 Å². The van der Waals surface area contributed by atoms with Gasteiger partial charge in [-0.15, -0.1) is 0 Å². The molecule has 146 valence electrons. The summed E-state index contributed by atoms with van der Waals surface area (Å²) >= 11 is 0. The number of aliphatic imine (C=N–C) groups is 2. The minimum absolute atomic E-state index is 0.917. The van der Waals surface area contributed by atoms with E-state index in [-0.39, 0.29) is 0 Å². The van der Waals surface area contributed by atoms with Crippen LogP contribution in [0.5, 0.6) is 0 Å². The fourth-order valence-electron chi connectivity index (χ4n) is 3.97. The fourth-order valence-corrected chi connectivity index (χ4v) is 3.97. The second-order valence-electron chi connectivity index (χ2n) is 7.59. The monoisotopic (exact) mass is 375 g/mol. The fraction of sp³-hybridized carbons (Fsp3) is 0.391. The van der Waals surface area contributed by atoms with Crippen molar-refractivity contribution < 1.29 is 0 Å². The zero-order valence-corrected chi connectivity index (χ0v) is 16.8. The number of nitrogens with zero attached hydrogens (tertiary/aromatic N) is 2. The maximum Gasteiger partial charge on any atom is 0.191 e. The van der Waals surface area contributed by atoms with Crippen LogP contribution in [0, 0.1) is 6.92 Å². The van der Waals surface area contributed by atoms with Gasteiger partial charge in [0.1, 0.15) is 5.84 Å². The predicted molar refractivity (Wildman–Crippen MR) is 117 cm³/mol. The van der Waals surface area contributed by atoms with Gasteiger partial charge in [0, 0.05) is 33.1 Å². The maximum absolute atomic E-state index is 4.49. The lowest BCUT2D eigenvalue weighted by Crippen LogP contribution is -2.23. The van der Waals surface area contributed by atoms with Gasteiger partial charge in [0.05, 0.1) is 6.54 Å². The molecule has 3 aliphatic rings. The van der Waals surface area contributed by atoms with Gasteiger partial charge in [0.15, 0.2) is 5.96 Å². The molecular formula is C23H29N5. The van der Waals surface area contributed by atoms with Gasteiger partial charge in [0.25, 0.3) is 0 Å². The lowest BCUT2D eigenvalue weighted by atomic mass is 9.84. The normalized spacial score (nSPS) is 16.5. The molecule has 0 spiro atoms. The first kappa shape index (κ1) is 18.5. The summed E-state index contributed by atoms with van der Waals surface area (Å²) in [5.41, 5.74) is 8.69. The van der Waals surface area contributed by atoms with Gasteiger partial charge in [-0.2, -0.15) is 0 Å². The molecule has 1 saturated heterocycles. The smallest absolute Gasteiger partial charge is 0.191 e. The van der Waals surface area contributed by atoms with Crippen LogP contribution in [0.15, 0.2) is 46.4 Å². The van der Waals surface area contributed by atoms with E-state index in [4.69, 9.17) is 0 Å². The molecule has 0 bridgehead atoms. The number of guanidine groups is 1. The molecule has 0 atom stereocenters. The van der Waals surface area contributed by atoms with Crippen LogP contribution in [0.4, 0.5) is 0 Å². The molecule has 2 heterocycles. The summed E-state index contributed by atoms with van der Waals surface area (Å²) in [6.45, 7) is 6.10. The van der Waals surface area contributed by atoms with Crippen molar-refractivity contribution in [3.8, 4) is 0 Å². The molecule has 0 unspecified atom stereocenters. The van der Waals surface area contributed by atoms with E-state index in [1.165, 1.54) is 33.4 Å². The molecule has 2 aliphatic heterocycles. The summed E-state index contributed by atoms with van der Waals surface area (Å²) in [5.74, 6) is 2.06. The van der Waals surface area contributed by atoms with Crippen molar-refractivity contribution in [2.24, 2.45) is 9.98 Å². The second-order valence-corrected chi connectivity index (χ2v) is 7.59. The minimum atomic E-state index is 0.917. The largest absolute Gasteiger partial charge is 0.372 e. The lowest BCUT2D eigenvalue weighted by Gasteiger charge is -2.21. The Balaban J connectivity index is 0.000000233. The van der Waals surface area contributed by atoms with E-state index in [0.29, 0.717) is 0 Å². The topological polar surface area (TPSA) is 60.8 Å². The first-order valence-electron chi connectivity index (χ1n) is 10.1. The van der Waals surface area contributed by atoms with Gasteiger partial charge in [-0.25, -0.2) is 0 Å². The molecule has 28 heavy (non-hydrogen) atoms. The van der Waals surface area contributed by atoms with E-state index in [9.17, 15) is 0 Å². The Hall–Kier alpha value is -2.82. The quantitative estimate of drug-likeness (QED) is 0.644. The van der Waals surface area contributed by atoms with E-state index in [0.717, 1.165) is 57.2 Å². The molecule has 3 N–H and O–H groups in total. The molecule has 2 aromatic carbocycles. The SMILES string of the molecule is CN=C1NCCN1.Cc1ccc2c(c1)Cc1ccc(CC3=NCCN3)cc1C2. The number of benzene rings is 2. The van der Waals surface area contributed by atoms with Crippen LogP contribution in [-0.4, -0.2) is 45.0 Å². The van der Waals surface area contributed by atoms with Crippen LogP contribution in [0.25, 0.3) is 0 Å². The molecular weight excluding hydrogens is 346 g/mol. The molecule has 0 amide bonds. The number of fused-ring (bicyclic) bond motifs is 2.